The Bertz CT molecular complexity index is 422. The number of fused-ring (bicyclic) bond motifs is 1. The largest absolute Gasteiger partial charge is 0.330 e. The van der Waals surface area contributed by atoms with Crippen LogP contribution in [0.15, 0.2) is 24.3 Å². The molecule has 0 saturated carbocycles. The van der Waals surface area contributed by atoms with Gasteiger partial charge >= 0.3 is 0 Å². The topological polar surface area (TPSA) is 46.3 Å². The van der Waals surface area contributed by atoms with Gasteiger partial charge in [-0.3, -0.25) is 4.79 Å². The van der Waals surface area contributed by atoms with Crippen molar-refractivity contribution in [3.05, 3.63) is 29.8 Å². The average Bonchev–Trinajstić information content (AvgIpc) is 2.38. The first-order chi connectivity index (χ1) is 8.74. The molecule has 0 radical (unpaired) electrons. The summed E-state index contributed by atoms with van der Waals surface area (Å²) in [6.07, 6.45) is 4.55. The highest BCUT2D eigenvalue weighted by Gasteiger charge is 2.23. The third-order valence-electron chi connectivity index (χ3n) is 3.65. The van der Waals surface area contributed by atoms with E-state index in [0.29, 0.717) is 6.54 Å². The van der Waals surface area contributed by atoms with Crippen LogP contribution in [-0.2, 0) is 11.2 Å². The molecular formula is C15H23ClN2O. The maximum Gasteiger partial charge on any atom is 0.231 e. The highest BCUT2D eigenvalue weighted by Crippen LogP contribution is 2.26. The number of anilines is 1. The first kappa shape index (κ1) is 16.0. The van der Waals surface area contributed by atoms with E-state index in [2.05, 4.69) is 18.2 Å². The normalized spacial score (nSPS) is 16.6. The smallest absolute Gasteiger partial charge is 0.231 e. The molecule has 1 aromatic rings. The van der Waals surface area contributed by atoms with Crippen molar-refractivity contribution in [2.75, 3.05) is 18.0 Å². The molecular weight excluding hydrogens is 260 g/mol. The van der Waals surface area contributed by atoms with Crippen molar-refractivity contribution in [1.29, 1.82) is 0 Å². The molecule has 2 rings (SSSR count). The van der Waals surface area contributed by atoms with Gasteiger partial charge < -0.3 is 10.6 Å². The van der Waals surface area contributed by atoms with Gasteiger partial charge in [-0.15, -0.1) is 12.4 Å². The molecule has 1 aliphatic rings. The summed E-state index contributed by atoms with van der Waals surface area (Å²) in [5, 5.41) is 0. The Labute approximate surface area is 121 Å². The summed E-state index contributed by atoms with van der Waals surface area (Å²) in [4.78, 5) is 14.3. The molecule has 0 spiro atoms. The Kier molecular flexibility index (Phi) is 6.32. The molecule has 1 heterocycles. The second-order valence-electron chi connectivity index (χ2n) is 5.07. The second kappa shape index (κ2) is 7.51. The lowest BCUT2D eigenvalue weighted by molar-refractivity contribution is -0.121. The number of amides is 1. The lowest BCUT2D eigenvalue weighted by Gasteiger charge is -2.29. The average molecular weight is 283 g/mol. The van der Waals surface area contributed by atoms with Crippen molar-refractivity contribution in [2.24, 2.45) is 11.7 Å². The number of hydrogen-bond donors (Lipinski definition) is 1. The fraction of sp³-hybridized carbons (Fsp3) is 0.533. The highest BCUT2D eigenvalue weighted by molar-refractivity contribution is 5.95. The molecule has 2 N–H and O–H groups in total. The molecule has 1 atom stereocenters. The van der Waals surface area contributed by atoms with Gasteiger partial charge in [0.2, 0.25) is 5.91 Å². The monoisotopic (exact) mass is 282 g/mol. The Morgan fingerprint density at radius 2 is 2.05 bits per heavy atom. The molecule has 19 heavy (non-hydrogen) atoms. The minimum atomic E-state index is -0.0996. The number of nitrogens with zero attached hydrogens (tertiary/aromatic N) is 1. The van der Waals surface area contributed by atoms with Crippen LogP contribution in [0.3, 0.4) is 0 Å². The van der Waals surface area contributed by atoms with Gasteiger partial charge in [-0.25, -0.2) is 0 Å². The number of nitrogens with two attached hydrogens (primary N) is 1. The Balaban J connectivity index is 0.00000180. The number of hydrogen-bond acceptors (Lipinski definition) is 2. The number of carbonyl (C=O) groups is 1. The van der Waals surface area contributed by atoms with E-state index in [9.17, 15) is 4.79 Å². The molecule has 106 valence electrons. The van der Waals surface area contributed by atoms with E-state index >= 15 is 0 Å². The van der Waals surface area contributed by atoms with Gasteiger partial charge in [-0.1, -0.05) is 31.5 Å². The van der Waals surface area contributed by atoms with Gasteiger partial charge in [0, 0.05) is 24.7 Å². The quantitative estimate of drug-likeness (QED) is 0.907. The fourth-order valence-electron chi connectivity index (χ4n) is 2.46. The zero-order chi connectivity index (χ0) is 13.0. The predicted octanol–water partition coefficient (Wildman–Crippen LogP) is 2.76. The SMILES string of the molecule is CC(CN)C(=O)N1CCCCCc2ccccc21.Cl. The second-order valence-corrected chi connectivity index (χ2v) is 5.07. The van der Waals surface area contributed by atoms with Crippen LogP contribution in [0, 0.1) is 5.92 Å². The summed E-state index contributed by atoms with van der Waals surface area (Å²) >= 11 is 0. The fourth-order valence-corrected chi connectivity index (χ4v) is 2.46. The van der Waals surface area contributed by atoms with E-state index in [1.807, 2.05) is 17.9 Å². The molecule has 0 saturated heterocycles. The van der Waals surface area contributed by atoms with Crippen molar-refractivity contribution in [2.45, 2.75) is 32.6 Å². The highest BCUT2D eigenvalue weighted by atomic mass is 35.5. The standard InChI is InChI=1S/C15H22N2O.ClH/c1-12(11-16)15(18)17-10-6-2-3-7-13-8-4-5-9-14(13)17;/h4-5,8-9,12H,2-3,6-7,10-11,16H2,1H3;1H. The summed E-state index contributed by atoms with van der Waals surface area (Å²) < 4.78 is 0. The van der Waals surface area contributed by atoms with Gasteiger partial charge in [0.1, 0.15) is 0 Å². The van der Waals surface area contributed by atoms with Crippen LogP contribution in [0.25, 0.3) is 0 Å². The van der Waals surface area contributed by atoms with Crippen LogP contribution in [0.1, 0.15) is 31.7 Å². The van der Waals surface area contributed by atoms with Crippen LogP contribution in [0.5, 0.6) is 0 Å². The third kappa shape index (κ3) is 3.71. The minimum absolute atomic E-state index is 0. The first-order valence-electron chi connectivity index (χ1n) is 6.83. The van der Waals surface area contributed by atoms with Gasteiger partial charge in [0.05, 0.1) is 0 Å². The van der Waals surface area contributed by atoms with Crippen LogP contribution in [0.2, 0.25) is 0 Å². The Morgan fingerprint density at radius 3 is 2.79 bits per heavy atom. The maximum atomic E-state index is 12.4. The van der Waals surface area contributed by atoms with E-state index < -0.39 is 0 Å². The molecule has 1 aromatic carbocycles. The summed E-state index contributed by atoms with van der Waals surface area (Å²) in [6, 6.07) is 8.25. The number of para-hydroxylation sites is 1. The number of rotatable bonds is 2. The van der Waals surface area contributed by atoms with Gasteiger partial charge in [-0.2, -0.15) is 0 Å². The van der Waals surface area contributed by atoms with E-state index in [1.54, 1.807) is 0 Å². The Morgan fingerprint density at radius 1 is 1.32 bits per heavy atom. The lowest BCUT2D eigenvalue weighted by Crippen LogP contribution is -2.39. The zero-order valence-electron chi connectivity index (χ0n) is 11.5. The van der Waals surface area contributed by atoms with E-state index in [0.717, 1.165) is 25.1 Å². The maximum absolute atomic E-state index is 12.4. The molecule has 0 aliphatic carbocycles. The molecule has 4 heteroatoms. The number of carbonyl (C=O) groups excluding carboxylic acids is 1. The molecule has 0 bridgehead atoms. The lowest BCUT2D eigenvalue weighted by atomic mass is 10.00. The number of halogens is 1. The van der Waals surface area contributed by atoms with Crippen molar-refractivity contribution >= 4 is 24.0 Å². The van der Waals surface area contributed by atoms with E-state index in [4.69, 9.17) is 5.73 Å². The van der Waals surface area contributed by atoms with Crippen molar-refractivity contribution in [3.8, 4) is 0 Å². The van der Waals surface area contributed by atoms with Crippen LogP contribution < -0.4 is 10.6 Å². The van der Waals surface area contributed by atoms with Gasteiger partial charge in [-0.05, 0) is 30.9 Å². The molecule has 1 unspecified atom stereocenters. The van der Waals surface area contributed by atoms with Crippen LogP contribution in [-0.4, -0.2) is 19.0 Å². The summed E-state index contributed by atoms with van der Waals surface area (Å²) in [5.74, 6) is 0.0596. The molecule has 1 amide bonds. The molecule has 3 nitrogen and oxygen atoms in total. The van der Waals surface area contributed by atoms with E-state index in [-0.39, 0.29) is 24.2 Å². The van der Waals surface area contributed by atoms with Crippen molar-refractivity contribution in [3.63, 3.8) is 0 Å². The van der Waals surface area contributed by atoms with Gasteiger partial charge in [0.15, 0.2) is 0 Å². The summed E-state index contributed by atoms with van der Waals surface area (Å²) in [5.41, 5.74) is 7.99. The van der Waals surface area contributed by atoms with Crippen LogP contribution >= 0.6 is 12.4 Å². The van der Waals surface area contributed by atoms with Crippen molar-refractivity contribution < 1.29 is 4.79 Å². The zero-order valence-corrected chi connectivity index (χ0v) is 12.3. The van der Waals surface area contributed by atoms with Gasteiger partial charge in [0.25, 0.3) is 0 Å². The van der Waals surface area contributed by atoms with Crippen molar-refractivity contribution in [1.82, 2.24) is 0 Å². The Hall–Kier alpha value is -1.06. The minimum Gasteiger partial charge on any atom is -0.330 e. The predicted molar refractivity (Wildman–Crippen MR) is 81.8 cm³/mol. The molecule has 1 aliphatic heterocycles. The summed E-state index contributed by atoms with van der Waals surface area (Å²) in [6.45, 7) is 3.14. The summed E-state index contributed by atoms with van der Waals surface area (Å²) in [7, 11) is 0. The number of benzene rings is 1. The third-order valence-corrected chi connectivity index (χ3v) is 3.65. The number of aryl methyl sites for hydroxylation is 1. The molecule has 0 fully saturated rings. The molecule has 0 aromatic heterocycles. The van der Waals surface area contributed by atoms with Crippen LogP contribution in [0.4, 0.5) is 5.69 Å². The first-order valence-corrected chi connectivity index (χ1v) is 6.83. The van der Waals surface area contributed by atoms with E-state index in [1.165, 1.54) is 18.4 Å².